The molecular weight excluding hydrogens is 422 g/mol. The SMILES string of the molecule is CCC1=CC(c2ccc(/C(C=NC)=C/CC(C)C)cc2O)=NN=C(N2CCNC(C(C)C)C2)C1. The summed E-state index contributed by atoms with van der Waals surface area (Å²) in [6.07, 6.45) is 8.80. The molecule has 1 aromatic carbocycles. The zero-order chi connectivity index (χ0) is 24.7. The molecule has 2 aliphatic heterocycles. The van der Waals surface area contributed by atoms with Gasteiger partial charge >= 0.3 is 0 Å². The summed E-state index contributed by atoms with van der Waals surface area (Å²) in [5.41, 5.74) is 4.66. The number of benzene rings is 1. The van der Waals surface area contributed by atoms with Gasteiger partial charge in [0.15, 0.2) is 0 Å². The highest BCUT2D eigenvalue weighted by molar-refractivity contribution is 6.13. The van der Waals surface area contributed by atoms with Gasteiger partial charge in [0.1, 0.15) is 11.6 Å². The van der Waals surface area contributed by atoms with Crippen LogP contribution in [0.2, 0.25) is 0 Å². The number of aromatic hydroxyl groups is 1. The van der Waals surface area contributed by atoms with Crippen molar-refractivity contribution in [1.82, 2.24) is 10.2 Å². The molecule has 1 unspecified atom stereocenters. The summed E-state index contributed by atoms with van der Waals surface area (Å²) in [5, 5.41) is 23.9. The molecule has 6 nitrogen and oxygen atoms in total. The third-order valence-corrected chi connectivity index (χ3v) is 6.51. The fourth-order valence-corrected chi connectivity index (χ4v) is 4.29. The Morgan fingerprint density at radius 3 is 2.71 bits per heavy atom. The Labute approximate surface area is 205 Å². The molecule has 1 atom stereocenters. The third kappa shape index (κ3) is 6.66. The second kappa shape index (κ2) is 12.1. The average molecular weight is 464 g/mol. The quantitative estimate of drug-likeness (QED) is 0.539. The van der Waals surface area contributed by atoms with Crippen LogP contribution >= 0.6 is 0 Å². The molecule has 34 heavy (non-hydrogen) atoms. The van der Waals surface area contributed by atoms with E-state index < -0.39 is 0 Å². The van der Waals surface area contributed by atoms with E-state index in [0.29, 0.717) is 29.2 Å². The van der Waals surface area contributed by atoms with Crippen molar-refractivity contribution < 1.29 is 5.11 Å². The number of amidine groups is 1. The van der Waals surface area contributed by atoms with Crippen LogP contribution in [0.3, 0.4) is 0 Å². The number of hydrogen-bond acceptors (Lipinski definition) is 6. The van der Waals surface area contributed by atoms with E-state index >= 15 is 0 Å². The maximum Gasteiger partial charge on any atom is 0.131 e. The minimum atomic E-state index is 0.212. The van der Waals surface area contributed by atoms with Gasteiger partial charge in [-0.05, 0) is 54.0 Å². The van der Waals surface area contributed by atoms with E-state index in [1.807, 2.05) is 24.4 Å². The van der Waals surface area contributed by atoms with Crippen LogP contribution in [-0.4, -0.2) is 60.5 Å². The van der Waals surface area contributed by atoms with Crippen molar-refractivity contribution in [3.05, 3.63) is 47.1 Å². The monoisotopic (exact) mass is 463 g/mol. The lowest BCUT2D eigenvalue weighted by Crippen LogP contribution is -2.54. The van der Waals surface area contributed by atoms with Crippen LogP contribution in [0.25, 0.3) is 5.57 Å². The molecule has 2 aliphatic rings. The van der Waals surface area contributed by atoms with Crippen LogP contribution in [0.15, 0.2) is 51.1 Å². The summed E-state index contributed by atoms with van der Waals surface area (Å²) in [7, 11) is 1.77. The van der Waals surface area contributed by atoms with Gasteiger partial charge in [-0.2, -0.15) is 0 Å². The summed E-state index contributed by atoms with van der Waals surface area (Å²) in [5.74, 6) is 2.36. The fourth-order valence-electron chi connectivity index (χ4n) is 4.29. The number of nitrogens with zero attached hydrogens (tertiary/aromatic N) is 4. The van der Waals surface area contributed by atoms with Crippen LogP contribution in [0.4, 0.5) is 0 Å². The van der Waals surface area contributed by atoms with Crippen LogP contribution in [0, 0.1) is 11.8 Å². The van der Waals surface area contributed by atoms with Crippen LogP contribution in [0.1, 0.15) is 65.0 Å². The number of piperazine rings is 1. The van der Waals surface area contributed by atoms with Crippen molar-refractivity contribution in [1.29, 1.82) is 0 Å². The molecule has 2 N–H and O–H groups in total. The topological polar surface area (TPSA) is 72.6 Å². The number of rotatable bonds is 7. The Bertz CT molecular complexity index is 1000. The maximum absolute atomic E-state index is 11.0. The second-order valence-electron chi connectivity index (χ2n) is 9.99. The third-order valence-electron chi connectivity index (χ3n) is 6.51. The minimum Gasteiger partial charge on any atom is -0.507 e. The molecule has 0 amide bonds. The lowest BCUT2D eigenvalue weighted by molar-refractivity contribution is 0.246. The van der Waals surface area contributed by atoms with Crippen molar-refractivity contribution in [2.75, 3.05) is 26.7 Å². The first kappa shape index (κ1) is 25.9. The molecular formula is C28H41N5O. The largest absolute Gasteiger partial charge is 0.507 e. The van der Waals surface area contributed by atoms with Crippen LogP contribution in [-0.2, 0) is 0 Å². The van der Waals surface area contributed by atoms with E-state index in [-0.39, 0.29) is 5.75 Å². The number of allylic oxidation sites excluding steroid dienone is 3. The van der Waals surface area contributed by atoms with Crippen molar-refractivity contribution in [2.24, 2.45) is 27.0 Å². The van der Waals surface area contributed by atoms with Gasteiger partial charge in [-0.15, -0.1) is 10.2 Å². The molecule has 0 aromatic heterocycles. The number of phenolic OH excluding ortho intramolecular Hbond substituents is 1. The number of phenols is 1. The van der Waals surface area contributed by atoms with Gasteiger partial charge in [-0.25, -0.2) is 0 Å². The fraction of sp³-hybridized carbons (Fsp3) is 0.536. The molecule has 6 heteroatoms. The van der Waals surface area contributed by atoms with Gasteiger partial charge in [-0.1, -0.05) is 52.3 Å². The standard InChI is InChI=1S/C28H41N5O/c1-7-21-14-25(31-32-28(15-21)33-13-12-30-26(18-33)20(4)5)24-11-10-22(16-27(24)34)23(17-29-6)9-8-19(2)3/h9-11,14,16-17,19-20,26,30,34H,7-8,12-13,15,18H2,1-6H3/b23-9+,29-17?. The first-order valence-corrected chi connectivity index (χ1v) is 12.6. The zero-order valence-corrected chi connectivity index (χ0v) is 21.7. The van der Waals surface area contributed by atoms with E-state index in [1.54, 1.807) is 7.05 Å². The second-order valence-corrected chi connectivity index (χ2v) is 9.99. The summed E-state index contributed by atoms with van der Waals surface area (Å²) in [6, 6.07) is 6.24. The molecule has 0 aliphatic carbocycles. The van der Waals surface area contributed by atoms with Gasteiger partial charge in [-0.3, -0.25) is 4.99 Å². The Hall–Kier alpha value is -2.73. The van der Waals surface area contributed by atoms with Crippen molar-refractivity contribution in [3.63, 3.8) is 0 Å². The molecule has 0 spiro atoms. The maximum atomic E-state index is 11.0. The Kier molecular flexibility index (Phi) is 9.22. The highest BCUT2D eigenvalue weighted by atomic mass is 16.3. The van der Waals surface area contributed by atoms with Gasteiger partial charge in [0.25, 0.3) is 0 Å². The highest BCUT2D eigenvalue weighted by Crippen LogP contribution is 2.27. The van der Waals surface area contributed by atoms with Crippen molar-refractivity contribution in [3.8, 4) is 5.75 Å². The van der Waals surface area contributed by atoms with Crippen LogP contribution < -0.4 is 5.32 Å². The van der Waals surface area contributed by atoms with E-state index in [4.69, 9.17) is 0 Å². The van der Waals surface area contributed by atoms with Gasteiger partial charge in [0, 0.05) is 50.9 Å². The molecule has 1 saturated heterocycles. The van der Waals surface area contributed by atoms with Gasteiger partial charge in [0.2, 0.25) is 0 Å². The molecule has 1 fully saturated rings. The highest BCUT2D eigenvalue weighted by Gasteiger charge is 2.25. The van der Waals surface area contributed by atoms with Gasteiger partial charge < -0.3 is 15.3 Å². The number of nitrogens with one attached hydrogen (secondary N) is 1. The summed E-state index contributed by atoms with van der Waals surface area (Å²) < 4.78 is 0. The smallest absolute Gasteiger partial charge is 0.131 e. The average Bonchev–Trinajstić information content (AvgIpc) is 3.04. The van der Waals surface area contributed by atoms with Crippen molar-refractivity contribution >= 4 is 23.3 Å². The molecule has 0 radical (unpaired) electrons. The number of hydrogen-bond donors (Lipinski definition) is 2. The van der Waals surface area contributed by atoms with Crippen LogP contribution in [0.5, 0.6) is 5.75 Å². The molecule has 184 valence electrons. The normalized spacial score (nSPS) is 20.0. The van der Waals surface area contributed by atoms with E-state index in [0.717, 1.165) is 55.9 Å². The summed E-state index contributed by atoms with van der Waals surface area (Å²) >= 11 is 0. The van der Waals surface area contributed by atoms with E-state index in [9.17, 15) is 5.11 Å². The van der Waals surface area contributed by atoms with E-state index in [2.05, 4.69) is 72.2 Å². The molecule has 0 saturated carbocycles. The lowest BCUT2D eigenvalue weighted by Gasteiger charge is -2.37. The summed E-state index contributed by atoms with van der Waals surface area (Å²) in [4.78, 5) is 6.57. The first-order chi connectivity index (χ1) is 16.3. The Balaban J connectivity index is 1.91. The predicted molar refractivity (Wildman–Crippen MR) is 145 cm³/mol. The molecule has 3 rings (SSSR count). The van der Waals surface area contributed by atoms with E-state index in [1.165, 1.54) is 5.57 Å². The van der Waals surface area contributed by atoms with Gasteiger partial charge in [0.05, 0.1) is 5.71 Å². The zero-order valence-electron chi connectivity index (χ0n) is 21.7. The molecule has 0 bridgehead atoms. The first-order valence-electron chi connectivity index (χ1n) is 12.6. The van der Waals surface area contributed by atoms with Crippen molar-refractivity contribution in [2.45, 2.75) is 59.9 Å². The number of aliphatic imine (C=N–C) groups is 1. The minimum absolute atomic E-state index is 0.212. The Morgan fingerprint density at radius 2 is 2.06 bits per heavy atom. The molecule has 2 heterocycles. The lowest BCUT2D eigenvalue weighted by atomic mass is 9.97. The Morgan fingerprint density at radius 1 is 1.26 bits per heavy atom. The summed E-state index contributed by atoms with van der Waals surface area (Å²) in [6.45, 7) is 13.9. The molecule has 1 aromatic rings. The predicted octanol–water partition coefficient (Wildman–Crippen LogP) is 5.29.